The summed E-state index contributed by atoms with van der Waals surface area (Å²) in [5.74, 6) is -2.51. The Kier molecular flexibility index (Phi) is 5.08. The molecule has 2 aliphatic rings. The molecule has 29 heavy (non-hydrogen) atoms. The molecule has 1 unspecified atom stereocenters. The molecule has 154 valence electrons. The summed E-state index contributed by atoms with van der Waals surface area (Å²) in [7, 11) is 3.30. The van der Waals surface area contributed by atoms with E-state index in [1.54, 1.807) is 4.57 Å². The second kappa shape index (κ2) is 7.55. The fraction of sp³-hybridized carbons (Fsp3) is 0.450. The molecule has 0 bridgehead atoms. The molecule has 2 saturated heterocycles. The fourth-order valence-corrected chi connectivity index (χ4v) is 4.20. The van der Waals surface area contributed by atoms with E-state index in [9.17, 15) is 18.4 Å². The van der Waals surface area contributed by atoms with Gasteiger partial charge < -0.3 is 14.5 Å². The van der Waals surface area contributed by atoms with Crippen LogP contribution in [-0.2, 0) is 4.79 Å². The molecule has 7 nitrogen and oxygen atoms in total. The summed E-state index contributed by atoms with van der Waals surface area (Å²) in [6.45, 7) is 1.62. The largest absolute Gasteiger partial charge is 0.497 e. The maximum Gasteiger partial charge on any atom is 0.277 e. The van der Waals surface area contributed by atoms with Crippen LogP contribution in [0.3, 0.4) is 0 Å². The maximum absolute atomic E-state index is 14.5. The zero-order chi connectivity index (χ0) is 20.7. The van der Waals surface area contributed by atoms with Crippen molar-refractivity contribution in [3.05, 3.63) is 52.2 Å². The maximum atomic E-state index is 14.5. The molecule has 0 spiro atoms. The van der Waals surface area contributed by atoms with Crippen molar-refractivity contribution in [2.75, 3.05) is 38.7 Å². The molecule has 0 N–H and O–H groups in total. The topological polar surface area (TPSA) is 67.7 Å². The Labute approximate surface area is 166 Å². The van der Waals surface area contributed by atoms with Crippen LogP contribution in [0.2, 0.25) is 0 Å². The Morgan fingerprint density at radius 2 is 1.90 bits per heavy atom. The van der Waals surface area contributed by atoms with Gasteiger partial charge in [-0.3, -0.25) is 14.2 Å². The number of carbonyl (C=O) groups excluding carboxylic acids is 1. The molecule has 2 atom stereocenters. The molecule has 4 rings (SSSR count). The van der Waals surface area contributed by atoms with Crippen molar-refractivity contribution in [1.82, 2.24) is 14.5 Å². The predicted octanol–water partition coefficient (Wildman–Crippen LogP) is 1.93. The highest BCUT2D eigenvalue weighted by Gasteiger charge is 2.37. The lowest BCUT2D eigenvalue weighted by molar-refractivity contribution is -0.117. The van der Waals surface area contributed by atoms with Gasteiger partial charge in [0.1, 0.15) is 23.1 Å². The number of hydrogen-bond donors (Lipinski definition) is 0. The third-order valence-corrected chi connectivity index (χ3v) is 5.71. The second-order valence-corrected chi connectivity index (χ2v) is 7.61. The van der Waals surface area contributed by atoms with Crippen LogP contribution in [0.1, 0.15) is 30.4 Å². The zero-order valence-corrected chi connectivity index (χ0v) is 16.3. The first-order chi connectivity index (χ1) is 13.9. The molecule has 0 aliphatic carbocycles. The van der Waals surface area contributed by atoms with E-state index in [1.807, 2.05) is 7.05 Å². The Bertz CT molecular complexity index is 986. The summed E-state index contributed by atoms with van der Waals surface area (Å²) < 4.78 is 35.3. The molecular weight excluding hydrogens is 382 g/mol. The number of amides is 1. The van der Waals surface area contributed by atoms with Gasteiger partial charge in [0, 0.05) is 43.1 Å². The fourth-order valence-electron chi connectivity index (χ4n) is 4.20. The lowest BCUT2D eigenvalue weighted by Crippen LogP contribution is -2.35. The number of benzene rings is 1. The van der Waals surface area contributed by atoms with Crippen LogP contribution < -0.4 is 15.2 Å². The van der Waals surface area contributed by atoms with E-state index in [0.717, 1.165) is 31.6 Å². The smallest absolute Gasteiger partial charge is 0.277 e. The van der Waals surface area contributed by atoms with Crippen molar-refractivity contribution < 1.29 is 18.3 Å². The van der Waals surface area contributed by atoms with Crippen molar-refractivity contribution >= 4 is 11.6 Å². The van der Waals surface area contributed by atoms with Crippen molar-refractivity contribution in [3.63, 3.8) is 0 Å². The van der Waals surface area contributed by atoms with Crippen LogP contribution in [0, 0.1) is 11.6 Å². The third-order valence-electron chi connectivity index (χ3n) is 5.71. The molecule has 3 heterocycles. The summed E-state index contributed by atoms with van der Waals surface area (Å²) in [5.41, 5.74) is -0.336. The van der Waals surface area contributed by atoms with Gasteiger partial charge in [0.25, 0.3) is 5.56 Å². The van der Waals surface area contributed by atoms with Crippen molar-refractivity contribution in [3.8, 4) is 5.75 Å². The number of methoxy groups -OCH3 is 1. The highest BCUT2D eigenvalue weighted by molar-refractivity contribution is 5.96. The molecule has 2 fully saturated rings. The number of hydrogen-bond acceptors (Lipinski definition) is 5. The summed E-state index contributed by atoms with van der Waals surface area (Å²) in [5, 5.41) is 0. The number of likely N-dealkylation sites (tertiary alicyclic amines) is 1. The van der Waals surface area contributed by atoms with Gasteiger partial charge in [-0.25, -0.2) is 13.8 Å². The van der Waals surface area contributed by atoms with Gasteiger partial charge in [0.05, 0.1) is 25.7 Å². The molecular formula is C20H22F2N4O3. The molecule has 0 radical (unpaired) electrons. The van der Waals surface area contributed by atoms with Crippen LogP contribution in [0.4, 0.5) is 14.5 Å². The molecule has 1 amide bonds. The first-order valence-electron chi connectivity index (χ1n) is 9.47. The van der Waals surface area contributed by atoms with E-state index < -0.39 is 17.6 Å². The molecule has 1 aromatic heterocycles. The van der Waals surface area contributed by atoms with E-state index >= 15 is 0 Å². The summed E-state index contributed by atoms with van der Waals surface area (Å²) >= 11 is 0. The van der Waals surface area contributed by atoms with Crippen LogP contribution in [0.5, 0.6) is 5.75 Å². The second-order valence-electron chi connectivity index (χ2n) is 7.61. The quantitative estimate of drug-likeness (QED) is 0.779. The van der Waals surface area contributed by atoms with Gasteiger partial charge in [-0.2, -0.15) is 0 Å². The Balaban J connectivity index is 1.64. The third kappa shape index (κ3) is 3.50. The van der Waals surface area contributed by atoms with Gasteiger partial charge in [-0.1, -0.05) is 0 Å². The summed E-state index contributed by atoms with van der Waals surface area (Å²) in [6, 6.07) is 2.18. The molecule has 2 aliphatic heterocycles. The predicted molar refractivity (Wildman–Crippen MR) is 102 cm³/mol. The SMILES string of the molecule is COc1cc(F)c([C@H]2CC(=O)N(c3cncn(C4CCN(C)C4)c3=O)C2)c(F)c1. The van der Waals surface area contributed by atoms with Gasteiger partial charge in [-0.15, -0.1) is 0 Å². The lowest BCUT2D eigenvalue weighted by atomic mass is 9.97. The van der Waals surface area contributed by atoms with Gasteiger partial charge in [0.2, 0.25) is 5.91 Å². The average molecular weight is 404 g/mol. The Morgan fingerprint density at radius 3 is 2.52 bits per heavy atom. The van der Waals surface area contributed by atoms with E-state index in [-0.39, 0.29) is 47.5 Å². The summed E-state index contributed by atoms with van der Waals surface area (Å²) in [6.07, 6.45) is 3.57. The number of halogens is 2. The van der Waals surface area contributed by atoms with Crippen molar-refractivity contribution in [2.45, 2.75) is 24.8 Å². The number of anilines is 1. The number of carbonyl (C=O) groups is 1. The van der Waals surface area contributed by atoms with Crippen LogP contribution in [0.15, 0.2) is 29.5 Å². The van der Waals surface area contributed by atoms with Gasteiger partial charge in [-0.05, 0) is 20.0 Å². The number of nitrogens with zero attached hydrogens (tertiary/aromatic N) is 4. The van der Waals surface area contributed by atoms with Crippen molar-refractivity contribution in [2.24, 2.45) is 0 Å². The monoisotopic (exact) mass is 404 g/mol. The first kappa shape index (κ1) is 19.5. The molecule has 9 heteroatoms. The van der Waals surface area contributed by atoms with E-state index in [0.29, 0.717) is 0 Å². The minimum atomic E-state index is -0.765. The standard InChI is InChI=1S/C20H22F2N4O3/c1-24-4-3-13(10-24)26-11-23-8-17(20(26)28)25-9-12(5-18(25)27)19-15(21)6-14(29-2)7-16(19)22/h6-8,11-13H,3-5,9-10H2,1-2H3/t12-,13?/m0/s1. The Hall–Kier alpha value is -2.81. The number of aromatic nitrogens is 2. The normalized spacial score (nSPS) is 22.5. The van der Waals surface area contributed by atoms with Crippen LogP contribution in [-0.4, -0.2) is 54.1 Å². The highest BCUT2D eigenvalue weighted by Crippen LogP contribution is 2.35. The molecule has 2 aromatic rings. The van der Waals surface area contributed by atoms with E-state index in [4.69, 9.17) is 4.74 Å². The van der Waals surface area contributed by atoms with Gasteiger partial charge >= 0.3 is 0 Å². The minimum Gasteiger partial charge on any atom is -0.497 e. The lowest BCUT2D eigenvalue weighted by Gasteiger charge is -2.20. The minimum absolute atomic E-state index is 0.00932. The average Bonchev–Trinajstić information content (AvgIpc) is 3.27. The van der Waals surface area contributed by atoms with E-state index in [1.165, 1.54) is 24.5 Å². The highest BCUT2D eigenvalue weighted by atomic mass is 19.1. The molecule has 0 saturated carbocycles. The first-order valence-corrected chi connectivity index (χ1v) is 9.47. The summed E-state index contributed by atoms with van der Waals surface area (Å²) in [4.78, 5) is 33.2. The number of ether oxygens (including phenoxy) is 1. The van der Waals surface area contributed by atoms with Crippen molar-refractivity contribution in [1.29, 1.82) is 0 Å². The van der Waals surface area contributed by atoms with E-state index in [2.05, 4.69) is 9.88 Å². The molecule has 1 aromatic carbocycles. The number of likely N-dealkylation sites (N-methyl/N-ethyl adjacent to an activating group) is 1. The van der Waals surface area contributed by atoms with Crippen LogP contribution in [0.25, 0.3) is 0 Å². The Morgan fingerprint density at radius 1 is 1.17 bits per heavy atom. The van der Waals surface area contributed by atoms with Crippen LogP contribution >= 0.6 is 0 Å². The number of rotatable bonds is 4. The van der Waals surface area contributed by atoms with Gasteiger partial charge in [0.15, 0.2) is 0 Å². The zero-order valence-electron chi connectivity index (χ0n) is 16.3.